The second kappa shape index (κ2) is 5.92. The van der Waals surface area contributed by atoms with Gasteiger partial charge in [-0.25, -0.2) is 4.98 Å². The van der Waals surface area contributed by atoms with Gasteiger partial charge in [-0.1, -0.05) is 38.1 Å². The molecule has 0 fully saturated rings. The van der Waals surface area contributed by atoms with E-state index in [-0.39, 0.29) is 0 Å². The van der Waals surface area contributed by atoms with Gasteiger partial charge in [0.1, 0.15) is 5.58 Å². The summed E-state index contributed by atoms with van der Waals surface area (Å²) >= 11 is 0. The van der Waals surface area contributed by atoms with Crippen LogP contribution in [-0.4, -0.2) is 9.97 Å². The van der Waals surface area contributed by atoms with Gasteiger partial charge >= 0.3 is 0 Å². The van der Waals surface area contributed by atoms with Gasteiger partial charge in [-0.3, -0.25) is 4.98 Å². The Bertz CT molecular complexity index is 1310. The second-order valence-corrected chi connectivity index (χ2v) is 7.39. The lowest BCUT2D eigenvalue weighted by Gasteiger charge is -2.12. The van der Waals surface area contributed by atoms with Crippen molar-refractivity contribution >= 4 is 32.8 Å². The van der Waals surface area contributed by atoms with Crippen molar-refractivity contribution in [1.29, 1.82) is 0 Å². The minimum absolute atomic E-state index is 0.444. The summed E-state index contributed by atoms with van der Waals surface area (Å²) in [4.78, 5) is 9.17. The van der Waals surface area contributed by atoms with Gasteiger partial charge in [0, 0.05) is 28.7 Å². The highest BCUT2D eigenvalue weighted by atomic mass is 16.3. The summed E-state index contributed by atoms with van der Waals surface area (Å²) in [5, 5.41) is 4.51. The number of pyridine rings is 2. The first kappa shape index (κ1) is 16.0. The third-order valence-electron chi connectivity index (χ3n) is 5.28. The molecule has 0 saturated heterocycles. The normalized spacial score (nSPS) is 11.9. The predicted octanol–water partition coefficient (Wildman–Crippen LogP) is 6.63. The zero-order chi connectivity index (χ0) is 18.5. The maximum absolute atomic E-state index is 6.23. The van der Waals surface area contributed by atoms with Gasteiger partial charge in [-0.05, 0) is 59.0 Å². The molecule has 0 spiro atoms. The lowest BCUT2D eigenvalue weighted by atomic mass is 9.95. The second-order valence-electron chi connectivity index (χ2n) is 7.39. The van der Waals surface area contributed by atoms with Crippen LogP contribution in [0.25, 0.3) is 44.1 Å². The molecule has 5 rings (SSSR count). The maximum Gasteiger partial charge on any atom is 0.227 e. The molecule has 0 radical (unpaired) electrons. The van der Waals surface area contributed by atoms with E-state index in [4.69, 9.17) is 9.40 Å². The third-order valence-corrected chi connectivity index (χ3v) is 5.28. The molecule has 27 heavy (non-hydrogen) atoms. The Hall–Kier alpha value is -3.20. The van der Waals surface area contributed by atoms with Crippen LogP contribution in [0.2, 0.25) is 0 Å². The van der Waals surface area contributed by atoms with Gasteiger partial charge in [-0.15, -0.1) is 0 Å². The summed E-state index contributed by atoms with van der Waals surface area (Å²) in [7, 11) is 0. The molecule has 0 aliphatic heterocycles. The summed E-state index contributed by atoms with van der Waals surface area (Å²) < 4.78 is 6.23. The molecule has 0 saturated carbocycles. The van der Waals surface area contributed by atoms with Crippen LogP contribution in [0.1, 0.15) is 30.9 Å². The van der Waals surface area contributed by atoms with Crippen molar-refractivity contribution in [3.8, 4) is 11.3 Å². The number of hydrogen-bond acceptors (Lipinski definition) is 3. The standard InChI is InChI=1S/C24H20N2O/c1-14(2)19-12-21(26-13-15(19)3)20-11-16-7-4-5-8-17(16)22-18-9-6-10-25-24(18)27-23(20)22/h4-14H,1-3H3. The van der Waals surface area contributed by atoms with Crippen LogP contribution in [0, 0.1) is 6.92 Å². The third kappa shape index (κ3) is 2.42. The Labute approximate surface area is 157 Å². The van der Waals surface area contributed by atoms with Gasteiger partial charge in [0.2, 0.25) is 5.71 Å². The Morgan fingerprint density at radius 2 is 1.74 bits per heavy atom. The van der Waals surface area contributed by atoms with Crippen molar-refractivity contribution in [2.45, 2.75) is 26.7 Å². The smallest absolute Gasteiger partial charge is 0.227 e. The monoisotopic (exact) mass is 352 g/mol. The van der Waals surface area contributed by atoms with E-state index in [9.17, 15) is 0 Å². The van der Waals surface area contributed by atoms with Gasteiger partial charge in [0.15, 0.2) is 0 Å². The molecule has 0 aliphatic rings. The number of benzene rings is 2. The van der Waals surface area contributed by atoms with Crippen molar-refractivity contribution in [3.63, 3.8) is 0 Å². The fourth-order valence-electron chi connectivity index (χ4n) is 3.96. The molecule has 3 heterocycles. The van der Waals surface area contributed by atoms with E-state index in [1.165, 1.54) is 21.9 Å². The van der Waals surface area contributed by atoms with Crippen molar-refractivity contribution in [2.24, 2.45) is 0 Å². The van der Waals surface area contributed by atoms with E-state index < -0.39 is 0 Å². The topological polar surface area (TPSA) is 38.9 Å². The molecule has 0 amide bonds. The van der Waals surface area contributed by atoms with E-state index in [1.807, 2.05) is 12.3 Å². The van der Waals surface area contributed by atoms with Crippen molar-refractivity contribution in [1.82, 2.24) is 9.97 Å². The number of fused-ring (bicyclic) bond motifs is 5. The fraction of sp³-hybridized carbons (Fsp3) is 0.167. The van der Waals surface area contributed by atoms with Crippen LogP contribution in [0.5, 0.6) is 0 Å². The summed E-state index contributed by atoms with van der Waals surface area (Å²) in [5.74, 6) is 0.444. The molecule has 5 aromatic rings. The molecule has 3 aromatic heterocycles. The van der Waals surface area contributed by atoms with Crippen molar-refractivity contribution in [2.75, 3.05) is 0 Å². The zero-order valence-corrected chi connectivity index (χ0v) is 15.7. The molecule has 3 heteroatoms. The first-order valence-electron chi connectivity index (χ1n) is 9.29. The van der Waals surface area contributed by atoms with Gasteiger partial charge < -0.3 is 4.42 Å². The van der Waals surface area contributed by atoms with Crippen LogP contribution in [0.4, 0.5) is 0 Å². The summed E-state index contributed by atoms with van der Waals surface area (Å²) in [5.41, 5.74) is 6.02. The van der Waals surface area contributed by atoms with E-state index in [0.717, 1.165) is 27.6 Å². The molecule has 0 N–H and O–H groups in total. The van der Waals surface area contributed by atoms with Gasteiger partial charge in [0.25, 0.3) is 0 Å². The van der Waals surface area contributed by atoms with Crippen molar-refractivity contribution < 1.29 is 4.42 Å². The minimum atomic E-state index is 0.444. The first-order valence-corrected chi connectivity index (χ1v) is 9.29. The fourth-order valence-corrected chi connectivity index (χ4v) is 3.96. The number of aryl methyl sites for hydroxylation is 1. The van der Waals surface area contributed by atoms with E-state index in [0.29, 0.717) is 11.6 Å². The molecule has 132 valence electrons. The van der Waals surface area contributed by atoms with Crippen molar-refractivity contribution in [3.05, 3.63) is 72.1 Å². The Kier molecular flexibility index (Phi) is 3.51. The van der Waals surface area contributed by atoms with E-state index in [1.54, 1.807) is 6.20 Å². The quantitative estimate of drug-likeness (QED) is 0.358. The zero-order valence-electron chi connectivity index (χ0n) is 15.7. The molecule has 3 nitrogen and oxygen atoms in total. The van der Waals surface area contributed by atoms with Crippen LogP contribution >= 0.6 is 0 Å². The number of furan rings is 1. The van der Waals surface area contributed by atoms with E-state index in [2.05, 4.69) is 68.2 Å². The Balaban J connectivity index is 1.94. The highest BCUT2D eigenvalue weighted by molar-refractivity contribution is 6.21. The molecule has 2 aromatic carbocycles. The summed E-state index contributed by atoms with van der Waals surface area (Å²) in [6.45, 7) is 6.55. The molecule has 0 unspecified atom stereocenters. The maximum atomic E-state index is 6.23. The van der Waals surface area contributed by atoms with Crippen LogP contribution in [-0.2, 0) is 0 Å². The average molecular weight is 352 g/mol. The molecular formula is C24H20N2O. The summed E-state index contributed by atoms with van der Waals surface area (Å²) in [6.07, 6.45) is 3.74. The van der Waals surface area contributed by atoms with Crippen LogP contribution < -0.4 is 0 Å². The van der Waals surface area contributed by atoms with E-state index >= 15 is 0 Å². The lowest BCUT2D eigenvalue weighted by Crippen LogP contribution is -1.95. The lowest BCUT2D eigenvalue weighted by molar-refractivity contribution is 0.655. The number of rotatable bonds is 2. The number of nitrogens with zero attached hydrogens (tertiary/aromatic N) is 2. The summed E-state index contributed by atoms with van der Waals surface area (Å²) in [6, 6.07) is 16.8. The van der Waals surface area contributed by atoms with Crippen LogP contribution in [0.3, 0.4) is 0 Å². The largest absolute Gasteiger partial charge is 0.437 e. The number of hydrogen-bond donors (Lipinski definition) is 0. The van der Waals surface area contributed by atoms with Gasteiger partial charge in [-0.2, -0.15) is 0 Å². The molecule has 0 atom stereocenters. The van der Waals surface area contributed by atoms with Gasteiger partial charge in [0.05, 0.1) is 5.69 Å². The minimum Gasteiger partial charge on any atom is -0.437 e. The Morgan fingerprint density at radius 1 is 0.926 bits per heavy atom. The molecule has 0 aliphatic carbocycles. The highest BCUT2D eigenvalue weighted by Crippen LogP contribution is 2.40. The molecule has 0 bridgehead atoms. The first-order chi connectivity index (χ1) is 13.1. The highest BCUT2D eigenvalue weighted by Gasteiger charge is 2.18. The average Bonchev–Trinajstić information content (AvgIpc) is 3.07. The Morgan fingerprint density at radius 3 is 2.59 bits per heavy atom. The predicted molar refractivity (Wildman–Crippen MR) is 111 cm³/mol. The SMILES string of the molecule is Cc1cnc(-c2cc3ccccc3c3c2oc2ncccc23)cc1C(C)C. The molecular weight excluding hydrogens is 332 g/mol. The number of aromatic nitrogens is 2. The van der Waals surface area contributed by atoms with Crippen LogP contribution in [0.15, 0.2) is 65.3 Å².